The summed E-state index contributed by atoms with van der Waals surface area (Å²) in [7, 11) is -2.15. The van der Waals surface area contributed by atoms with Gasteiger partial charge in [0.15, 0.2) is 8.32 Å². The zero-order chi connectivity index (χ0) is 21.5. The van der Waals surface area contributed by atoms with Crippen LogP contribution in [0.2, 0.25) is 18.1 Å². The van der Waals surface area contributed by atoms with Crippen LogP contribution in [0.3, 0.4) is 0 Å². The lowest BCUT2D eigenvalue weighted by molar-refractivity contribution is -0.130. The molecular formula is C26H48O2Si. The first-order chi connectivity index (χ1) is 13.4. The maximum atomic E-state index is 12.5. The molecule has 0 heterocycles. The molecule has 3 aliphatic rings. The fourth-order valence-corrected chi connectivity index (χ4v) is 8.51. The van der Waals surface area contributed by atoms with Gasteiger partial charge < -0.3 is 4.80 Å². The van der Waals surface area contributed by atoms with Gasteiger partial charge in [0.05, 0.1) is 0 Å². The molecule has 0 aromatic heterocycles. The van der Waals surface area contributed by atoms with Crippen LogP contribution < -0.4 is 0 Å². The molecule has 0 unspecified atom stereocenters. The Balaban J connectivity index is 1.58. The van der Waals surface area contributed by atoms with Gasteiger partial charge in [-0.05, 0) is 92.2 Å². The largest absolute Gasteiger partial charge is 0.432 e. The molecule has 3 aliphatic carbocycles. The topological polar surface area (TPSA) is 37.3 Å². The Morgan fingerprint density at radius 2 is 1.79 bits per heavy atom. The Labute approximate surface area is 181 Å². The molecule has 3 fully saturated rings. The first kappa shape index (κ1) is 23.5. The number of Topliss-reactive ketones (excluding diaryl/α,β-unsaturated/α-hetero) is 1. The molecule has 29 heavy (non-hydrogen) atoms. The number of carbonyl (C=O) groups is 1. The molecule has 0 aromatic carbocycles. The molecule has 0 saturated heterocycles. The number of ketones is 1. The lowest BCUT2D eigenvalue weighted by Gasteiger charge is -2.44. The van der Waals surface area contributed by atoms with Crippen molar-refractivity contribution in [2.45, 2.75) is 129 Å². The van der Waals surface area contributed by atoms with Crippen molar-refractivity contribution in [2.24, 2.45) is 28.6 Å². The van der Waals surface area contributed by atoms with Crippen LogP contribution in [0.25, 0.3) is 0 Å². The minimum Gasteiger partial charge on any atom is -0.432 e. The van der Waals surface area contributed by atoms with Gasteiger partial charge in [-0.1, -0.05) is 53.4 Å². The third-order valence-electron chi connectivity index (χ3n) is 10.1. The van der Waals surface area contributed by atoms with E-state index in [1.165, 1.54) is 64.2 Å². The standard InChI is InChI=1S/C26H48O2Si/c1-20(21-13-14-22-23(27)12-10-15-25(21,22)4)11-9-18-26(16-7-8-17-26)19-24(2,3)29(5,6)28/h20-22,28H,7-19H2,1-6H3/t20-,21+,22-,25+/m0/s1. The Hall–Kier alpha value is -0.153. The summed E-state index contributed by atoms with van der Waals surface area (Å²) in [5, 5.41) is 0.0948. The number of hydrogen-bond donors (Lipinski definition) is 1. The van der Waals surface area contributed by atoms with Crippen LogP contribution in [0, 0.1) is 28.6 Å². The number of fused-ring (bicyclic) bond motifs is 1. The van der Waals surface area contributed by atoms with Crippen LogP contribution >= 0.6 is 0 Å². The first-order valence-corrected chi connectivity index (χ1v) is 15.6. The Morgan fingerprint density at radius 1 is 1.14 bits per heavy atom. The summed E-state index contributed by atoms with van der Waals surface area (Å²) in [5.74, 6) is 2.42. The maximum Gasteiger partial charge on any atom is 0.188 e. The van der Waals surface area contributed by atoms with E-state index in [9.17, 15) is 9.59 Å². The van der Waals surface area contributed by atoms with E-state index in [0.717, 1.165) is 31.1 Å². The molecule has 0 aromatic rings. The normalized spacial score (nSPS) is 33.7. The summed E-state index contributed by atoms with van der Waals surface area (Å²) >= 11 is 0. The highest BCUT2D eigenvalue weighted by Gasteiger charge is 2.52. The molecule has 0 spiro atoms. The minimum atomic E-state index is -2.15. The number of carbonyl (C=O) groups excluding carboxylic acids is 1. The van der Waals surface area contributed by atoms with E-state index < -0.39 is 8.32 Å². The second-order valence-electron chi connectivity index (χ2n) is 12.8. The van der Waals surface area contributed by atoms with Crippen molar-refractivity contribution in [3.8, 4) is 0 Å². The highest BCUT2D eigenvalue weighted by molar-refractivity contribution is 6.72. The summed E-state index contributed by atoms with van der Waals surface area (Å²) in [4.78, 5) is 23.3. The predicted octanol–water partition coefficient (Wildman–Crippen LogP) is 7.51. The van der Waals surface area contributed by atoms with Crippen LogP contribution in [-0.4, -0.2) is 18.9 Å². The summed E-state index contributed by atoms with van der Waals surface area (Å²) < 4.78 is 0. The summed E-state index contributed by atoms with van der Waals surface area (Å²) in [6.45, 7) is 13.8. The zero-order valence-corrected chi connectivity index (χ0v) is 21.3. The predicted molar refractivity (Wildman–Crippen MR) is 125 cm³/mol. The Bertz CT molecular complexity index is 584. The van der Waals surface area contributed by atoms with Crippen LogP contribution in [0.4, 0.5) is 0 Å². The molecule has 4 atom stereocenters. The second-order valence-corrected chi connectivity index (χ2v) is 17.2. The van der Waals surface area contributed by atoms with Gasteiger partial charge in [0.1, 0.15) is 5.78 Å². The summed E-state index contributed by atoms with van der Waals surface area (Å²) in [5.41, 5.74) is 0.757. The SMILES string of the molecule is C[C@@H](CCCC1(CC(C)(C)[Si](C)(C)O)CCCC1)[C@H]1CC[C@H]2C(=O)CCC[C@]12C. The van der Waals surface area contributed by atoms with E-state index in [1.807, 2.05) is 0 Å². The van der Waals surface area contributed by atoms with Crippen molar-refractivity contribution >= 4 is 14.1 Å². The molecule has 3 heteroatoms. The van der Waals surface area contributed by atoms with Crippen molar-refractivity contribution in [1.82, 2.24) is 0 Å². The van der Waals surface area contributed by atoms with Crippen LogP contribution in [0.1, 0.15) is 111 Å². The zero-order valence-electron chi connectivity index (χ0n) is 20.3. The van der Waals surface area contributed by atoms with Gasteiger partial charge in [-0.15, -0.1) is 0 Å². The fourth-order valence-electron chi connectivity index (χ4n) is 7.70. The first-order valence-electron chi connectivity index (χ1n) is 12.7. The minimum absolute atomic E-state index is 0.0948. The van der Waals surface area contributed by atoms with Crippen molar-refractivity contribution in [2.75, 3.05) is 0 Å². The molecule has 168 valence electrons. The lowest BCUT2D eigenvalue weighted by atomic mass is 9.61. The lowest BCUT2D eigenvalue weighted by Crippen LogP contribution is -2.42. The van der Waals surface area contributed by atoms with Gasteiger partial charge in [0.2, 0.25) is 0 Å². The van der Waals surface area contributed by atoms with E-state index in [-0.39, 0.29) is 10.5 Å². The molecule has 0 radical (unpaired) electrons. The van der Waals surface area contributed by atoms with Crippen LogP contribution in [0.15, 0.2) is 0 Å². The van der Waals surface area contributed by atoms with Crippen LogP contribution in [0.5, 0.6) is 0 Å². The van der Waals surface area contributed by atoms with E-state index in [2.05, 4.69) is 40.8 Å². The van der Waals surface area contributed by atoms with Gasteiger partial charge in [0, 0.05) is 12.3 Å². The molecule has 3 rings (SSSR count). The summed E-state index contributed by atoms with van der Waals surface area (Å²) in [6, 6.07) is 0. The van der Waals surface area contributed by atoms with E-state index in [1.54, 1.807) is 0 Å². The Morgan fingerprint density at radius 3 is 2.41 bits per heavy atom. The van der Waals surface area contributed by atoms with Crippen molar-refractivity contribution in [3.05, 3.63) is 0 Å². The molecular weight excluding hydrogens is 372 g/mol. The highest BCUT2D eigenvalue weighted by atomic mass is 28.4. The van der Waals surface area contributed by atoms with Crippen LogP contribution in [-0.2, 0) is 4.79 Å². The fraction of sp³-hybridized carbons (Fsp3) is 0.962. The Kier molecular flexibility index (Phi) is 6.82. The quantitative estimate of drug-likeness (QED) is 0.412. The third kappa shape index (κ3) is 4.71. The van der Waals surface area contributed by atoms with E-state index in [0.29, 0.717) is 17.1 Å². The smallest absolute Gasteiger partial charge is 0.188 e. The van der Waals surface area contributed by atoms with Gasteiger partial charge in [-0.2, -0.15) is 0 Å². The number of hydrogen-bond acceptors (Lipinski definition) is 2. The van der Waals surface area contributed by atoms with E-state index in [4.69, 9.17) is 0 Å². The average Bonchev–Trinajstić information content (AvgIpc) is 3.18. The van der Waals surface area contributed by atoms with E-state index >= 15 is 0 Å². The van der Waals surface area contributed by atoms with Gasteiger partial charge in [-0.25, -0.2) is 0 Å². The molecule has 0 amide bonds. The number of rotatable bonds is 8. The summed E-state index contributed by atoms with van der Waals surface area (Å²) in [6.07, 6.45) is 16.4. The third-order valence-corrected chi connectivity index (χ3v) is 13.6. The van der Waals surface area contributed by atoms with Gasteiger partial charge >= 0.3 is 0 Å². The maximum absolute atomic E-state index is 12.5. The molecule has 3 saturated carbocycles. The second kappa shape index (κ2) is 8.41. The highest BCUT2D eigenvalue weighted by Crippen LogP contribution is 2.58. The van der Waals surface area contributed by atoms with Crippen molar-refractivity contribution in [1.29, 1.82) is 0 Å². The monoisotopic (exact) mass is 420 g/mol. The van der Waals surface area contributed by atoms with Gasteiger partial charge in [-0.3, -0.25) is 4.79 Å². The molecule has 1 N–H and O–H groups in total. The molecule has 2 nitrogen and oxygen atoms in total. The van der Waals surface area contributed by atoms with Crippen molar-refractivity contribution < 1.29 is 9.59 Å². The average molecular weight is 421 g/mol. The van der Waals surface area contributed by atoms with Gasteiger partial charge in [0.25, 0.3) is 0 Å². The molecule has 0 aliphatic heterocycles. The molecule has 0 bridgehead atoms. The van der Waals surface area contributed by atoms with Crippen molar-refractivity contribution in [3.63, 3.8) is 0 Å².